The first kappa shape index (κ1) is 23.5. The van der Waals surface area contributed by atoms with Gasteiger partial charge in [-0.1, -0.05) is 35.8 Å². The molecule has 1 atom stereocenters. The minimum atomic E-state index is -0.980. The van der Waals surface area contributed by atoms with E-state index in [0.717, 1.165) is 44.2 Å². The van der Waals surface area contributed by atoms with E-state index in [2.05, 4.69) is 10.5 Å². The number of rotatable bonds is 8. The lowest BCUT2D eigenvalue weighted by Gasteiger charge is -2.45. The third-order valence-electron chi connectivity index (χ3n) is 5.82. The molecular formula is C23H25ClN6O4. The number of amides is 4. The van der Waals surface area contributed by atoms with Crippen LogP contribution in [0.2, 0.25) is 5.02 Å². The Kier molecular flexibility index (Phi) is 6.71. The van der Waals surface area contributed by atoms with Crippen LogP contribution in [0.5, 0.6) is 0 Å². The standard InChI is InChI=1S/C23H25ClN6O4/c1-3-19-14(2)18-12-17(8-9-20(18)34-19)27-21-29(13-15-4-6-16(24)7-5-15)22(31)28(11-10-26-33)23(32)30(21)25/h4-9,12,21,27H,3,10-11,13,25H2,1-2H3. The number of imide groups is 1. The van der Waals surface area contributed by atoms with Gasteiger partial charge in [0.15, 0.2) is 0 Å². The Labute approximate surface area is 201 Å². The third-order valence-corrected chi connectivity index (χ3v) is 6.07. The number of anilines is 1. The van der Waals surface area contributed by atoms with E-state index in [1.54, 1.807) is 30.3 Å². The molecule has 4 rings (SSSR count). The highest BCUT2D eigenvalue weighted by Gasteiger charge is 2.43. The summed E-state index contributed by atoms with van der Waals surface area (Å²) >= 11 is 5.99. The lowest BCUT2D eigenvalue weighted by Crippen LogP contribution is -2.70. The van der Waals surface area contributed by atoms with Gasteiger partial charge in [0.2, 0.25) is 6.29 Å². The average Bonchev–Trinajstić information content (AvgIpc) is 3.16. The molecular weight excluding hydrogens is 460 g/mol. The molecule has 1 aliphatic rings. The molecule has 0 bridgehead atoms. The molecule has 4 amide bonds. The number of halogens is 1. The fourth-order valence-corrected chi connectivity index (χ4v) is 4.13. The first-order chi connectivity index (χ1) is 16.3. The van der Waals surface area contributed by atoms with E-state index >= 15 is 0 Å². The first-order valence-corrected chi connectivity index (χ1v) is 11.2. The van der Waals surface area contributed by atoms with Crippen molar-refractivity contribution >= 4 is 40.3 Å². The second-order valence-electron chi connectivity index (χ2n) is 7.96. The number of fused-ring (bicyclic) bond motifs is 1. The van der Waals surface area contributed by atoms with Crippen LogP contribution in [0.3, 0.4) is 0 Å². The van der Waals surface area contributed by atoms with Gasteiger partial charge in [-0.3, -0.25) is 4.90 Å². The van der Waals surface area contributed by atoms with Gasteiger partial charge in [-0.2, -0.15) is 4.91 Å². The summed E-state index contributed by atoms with van der Waals surface area (Å²) in [5, 5.41) is 8.40. The van der Waals surface area contributed by atoms with Crippen LogP contribution in [-0.4, -0.2) is 46.3 Å². The lowest BCUT2D eigenvalue weighted by atomic mass is 10.1. The molecule has 0 saturated carbocycles. The molecule has 2 heterocycles. The summed E-state index contributed by atoms with van der Waals surface area (Å²) in [5.74, 6) is 7.07. The van der Waals surface area contributed by atoms with E-state index in [-0.39, 0.29) is 19.6 Å². The molecule has 178 valence electrons. The smallest absolute Gasteiger partial charge is 0.345 e. The molecule has 3 aromatic rings. The van der Waals surface area contributed by atoms with Gasteiger partial charge >= 0.3 is 12.1 Å². The van der Waals surface area contributed by atoms with Crippen LogP contribution in [0.1, 0.15) is 23.8 Å². The Morgan fingerprint density at radius 3 is 2.56 bits per heavy atom. The second-order valence-corrected chi connectivity index (χ2v) is 8.40. The average molecular weight is 485 g/mol. The summed E-state index contributed by atoms with van der Waals surface area (Å²) in [6.45, 7) is 3.76. The maximum atomic E-state index is 13.3. The zero-order valence-corrected chi connectivity index (χ0v) is 19.6. The normalized spacial score (nSPS) is 16.5. The van der Waals surface area contributed by atoms with Crippen LogP contribution in [0.15, 0.2) is 52.1 Å². The van der Waals surface area contributed by atoms with Crippen molar-refractivity contribution in [3.05, 3.63) is 69.3 Å². The first-order valence-electron chi connectivity index (χ1n) is 10.8. The maximum absolute atomic E-state index is 13.3. The van der Waals surface area contributed by atoms with Crippen molar-refractivity contribution in [3.8, 4) is 0 Å². The van der Waals surface area contributed by atoms with E-state index in [1.165, 1.54) is 4.90 Å². The number of urea groups is 2. The number of nitrogens with two attached hydrogens (primary N) is 1. The van der Waals surface area contributed by atoms with Crippen LogP contribution < -0.4 is 11.2 Å². The van der Waals surface area contributed by atoms with Gasteiger partial charge in [0, 0.05) is 22.5 Å². The molecule has 1 unspecified atom stereocenters. The molecule has 1 fully saturated rings. The van der Waals surface area contributed by atoms with Crippen LogP contribution in [0.4, 0.5) is 15.3 Å². The quantitative estimate of drug-likeness (QED) is 0.272. The molecule has 0 radical (unpaired) electrons. The van der Waals surface area contributed by atoms with Crippen LogP contribution >= 0.6 is 11.6 Å². The number of aryl methyl sites for hydroxylation is 2. The predicted octanol–water partition coefficient (Wildman–Crippen LogP) is 4.65. The van der Waals surface area contributed by atoms with E-state index in [4.69, 9.17) is 21.9 Å². The largest absolute Gasteiger partial charge is 0.461 e. The number of nitrogens with one attached hydrogen (secondary N) is 1. The molecule has 34 heavy (non-hydrogen) atoms. The number of hydrogen-bond donors (Lipinski definition) is 2. The molecule has 3 N–H and O–H groups in total. The molecule has 0 spiro atoms. The summed E-state index contributed by atoms with van der Waals surface area (Å²) in [4.78, 5) is 39.1. The van der Waals surface area contributed by atoms with Gasteiger partial charge in [-0.25, -0.2) is 25.3 Å². The fraction of sp³-hybridized carbons (Fsp3) is 0.304. The fourth-order valence-electron chi connectivity index (χ4n) is 4.00. The number of benzene rings is 2. The molecule has 10 nitrogen and oxygen atoms in total. The number of hydrogen-bond acceptors (Lipinski definition) is 7. The zero-order chi connectivity index (χ0) is 24.4. The Bertz CT molecular complexity index is 1230. The number of nitroso groups, excluding NO2 is 1. The lowest BCUT2D eigenvalue weighted by molar-refractivity contribution is 0.0384. The van der Waals surface area contributed by atoms with Crippen LogP contribution in [0.25, 0.3) is 11.0 Å². The van der Waals surface area contributed by atoms with Gasteiger partial charge in [0.05, 0.1) is 19.6 Å². The van der Waals surface area contributed by atoms with Crippen molar-refractivity contribution < 1.29 is 14.0 Å². The number of furan rings is 1. The summed E-state index contributed by atoms with van der Waals surface area (Å²) in [6, 6.07) is 11.2. The topological polar surface area (TPSA) is 124 Å². The summed E-state index contributed by atoms with van der Waals surface area (Å²) in [6.07, 6.45) is -0.210. The number of carbonyl (C=O) groups excluding carboxylic acids is 2. The van der Waals surface area contributed by atoms with Gasteiger partial charge in [-0.05, 0) is 48.4 Å². The monoisotopic (exact) mass is 484 g/mol. The summed E-state index contributed by atoms with van der Waals surface area (Å²) in [7, 11) is 0. The zero-order valence-electron chi connectivity index (χ0n) is 18.8. The highest BCUT2D eigenvalue weighted by molar-refractivity contribution is 6.30. The van der Waals surface area contributed by atoms with Gasteiger partial charge in [-0.15, -0.1) is 0 Å². The highest BCUT2D eigenvalue weighted by Crippen LogP contribution is 2.30. The van der Waals surface area contributed by atoms with Crippen molar-refractivity contribution in [3.63, 3.8) is 0 Å². The molecule has 2 aromatic carbocycles. The minimum Gasteiger partial charge on any atom is -0.461 e. The van der Waals surface area contributed by atoms with Crippen molar-refractivity contribution in [2.24, 2.45) is 11.0 Å². The van der Waals surface area contributed by atoms with E-state index in [1.807, 2.05) is 26.0 Å². The second kappa shape index (κ2) is 9.70. The van der Waals surface area contributed by atoms with Crippen molar-refractivity contribution in [2.75, 3.05) is 18.4 Å². The Morgan fingerprint density at radius 2 is 1.88 bits per heavy atom. The molecule has 1 saturated heterocycles. The van der Waals surface area contributed by atoms with Crippen molar-refractivity contribution in [2.45, 2.75) is 33.1 Å². The van der Waals surface area contributed by atoms with Gasteiger partial charge in [0.1, 0.15) is 11.3 Å². The number of nitrogens with zero attached hydrogens (tertiary/aromatic N) is 4. The Morgan fingerprint density at radius 1 is 1.15 bits per heavy atom. The summed E-state index contributed by atoms with van der Waals surface area (Å²) in [5.41, 5.74) is 3.23. The summed E-state index contributed by atoms with van der Waals surface area (Å²) < 4.78 is 5.88. The molecule has 1 aliphatic heterocycles. The van der Waals surface area contributed by atoms with Crippen LogP contribution in [-0.2, 0) is 13.0 Å². The molecule has 11 heteroatoms. The van der Waals surface area contributed by atoms with E-state index < -0.39 is 18.4 Å². The van der Waals surface area contributed by atoms with E-state index in [9.17, 15) is 14.5 Å². The predicted molar refractivity (Wildman–Crippen MR) is 129 cm³/mol. The Hall–Kier alpha value is -3.63. The third kappa shape index (κ3) is 4.42. The Balaban J connectivity index is 1.68. The van der Waals surface area contributed by atoms with Crippen molar-refractivity contribution in [1.82, 2.24) is 14.8 Å². The highest BCUT2D eigenvalue weighted by atomic mass is 35.5. The van der Waals surface area contributed by atoms with E-state index in [0.29, 0.717) is 10.7 Å². The SMILES string of the molecule is CCc1oc2ccc(NC3N(N)C(=O)N(CCN=O)C(=O)N3Cc3ccc(Cl)cc3)cc2c1C. The maximum Gasteiger partial charge on any atom is 0.345 e. The van der Waals surface area contributed by atoms with Crippen molar-refractivity contribution in [1.29, 1.82) is 0 Å². The van der Waals surface area contributed by atoms with Crippen LogP contribution in [0, 0.1) is 11.8 Å². The van der Waals surface area contributed by atoms with Gasteiger partial charge in [0.25, 0.3) is 0 Å². The van der Waals surface area contributed by atoms with Gasteiger partial charge < -0.3 is 9.73 Å². The molecule has 1 aromatic heterocycles. The minimum absolute atomic E-state index is 0.145. The number of hydrazine groups is 1. The molecule has 0 aliphatic carbocycles. The number of carbonyl (C=O) groups is 2.